The normalized spacial score (nSPS) is 18.0. The number of likely N-dealkylation sites (tertiary alicyclic amines) is 1. The lowest BCUT2D eigenvalue weighted by atomic mass is 10.0. The van der Waals surface area contributed by atoms with Crippen LogP contribution in [0.2, 0.25) is 0 Å². The maximum absolute atomic E-state index is 15.0. The first-order valence-electron chi connectivity index (χ1n) is 15.8. The molecule has 2 saturated heterocycles. The fraction of sp³-hybridized carbons (Fsp3) is 0.306. The molecule has 0 radical (unpaired) electrons. The van der Waals surface area contributed by atoms with E-state index in [4.69, 9.17) is 0 Å². The molecule has 2 fully saturated rings. The molecule has 4 aromatic rings. The van der Waals surface area contributed by atoms with Gasteiger partial charge in [0.2, 0.25) is 11.8 Å². The monoisotopic (exact) mass is 634 g/mol. The molecule has 11 heteroatoms. The van der Waals surface area contributed by atoms with Crippen LogP contribution in [0.15, 0.2) is 60.8 Å². The van der Waals surface area contributed by atoms with Crippen molar-refractivity contribution in [2.45, 2.75) is 57.0 Å². The van der Waals surface area contributed by atoms with Gasteiger partial charge in [0.1, 0.15) is 11.9 Å². The fourth-order valence-corrected chi connectivity index (χ4v) is 6.02. The summed E-state index contributed by atoms with van der Waals surface area (Å²) >= 11 is 0. The Labute approximate surface area is 271 Å². The van der Waals surface area contributed by atoms with Crippen molar-refractivity contribution in [1.29, 1.82) is 0 Å². The Morgan fingerprint density at radius 2 is 1.91 bits per heavy atom. The second-order valence-electron chi connectivity index (χ2n) is 12.0. The van der Waals surface area contributed by atoms with Crippen molar-refractivity contribution < 1.29 is 23.6 Å². The van der Waals surface area contributed by atoms with Crippen LogP contribution in [0.4, 0.5) is 10.2 Å². The summed E-state index contributed by atoms with van der Waals surface area (Å²) in [5.74, 6) is 3.49. The van der Waals surface area contributed by atoms with Crippen LogP contribution in [-0.4, -0.2) is 58.1 Å². The van der Waals surface area contributed by atoms with Crippen molar-refractivity contribution in [2.24, 2.45) is 0 Å². The second kappa shape index (κ2) is 14.0. The number of aromatic amines is 1. The molecule has 10 nitrogen and oxygen atoms in total. The minimum Gasteiger partial charge on any atom is -0.357 e. The summed E-state index contributed by atoms with van der Waals surface area (Å²) in [5.41, 5.74) is 3.54. The molecule has 2 aromatic carbocycles. The van der Waals surface area contributed by atoms with Gasteiger partial charge in [-0.15, -0.1) is 0 Å². The van der Waals surface area contributed by atoms with Gasteiger partial charge in [0.05, 0.1) is 16.6 Å². The summed E-state index contributed by atoms with van der Waals surface area (Å²) in [7, 11) is 2.14. The first-order chi connectivity index (χ1) is 22.7. The number of halogens is 1. The molecule has 0 saturated carbocycles. The van der Waals surface area contributed by atoms with Gasteiger partial charge in [-0.1, -0.05) is 30.0 Å². The predicted octanol–water partition coefficient (Wildman–Crippen LogP) is 4.63. The fourth-order valence-electron chi connectivity index (χ4n) is 6.02. The van der Waals surface area contributed by atoms with Crippen LogP contribution in [0.25, 0.3) is 10.9 Å². The number of aryl methyl sites for hydroxylation is 1. The average Bonchev–Trinajstić information content (AvgIpc) is 3.68. The summed E-state index contributed by atoms with van der Waals surface area (Å²) in [6, 6.07) is 15.2. The molecule has 2 aliphatic rings. The van der Waals surface area contributed by atoms with E-state index < -0.39 is 29.6 Å². The Bertz CT molecular complexity index is 1910. The van der Waals surface area contributed by atoms with Crippen LogP contribution in [0.5, 0.6) is 0 Å². The topological polar surface area (TPSA) is 136 Å². The number of pyridine rings is 1. The van der Waals surface area contributed by atoms with Gasteiger partial charge in [-0.3, -0.25) is 29.4 Å². The third-order valence-electron chi connectivity index (χ3n) is 8.64. The number of hydrogen-bond acceptors (Lipinski definition) is 6. The van der Waals surface area contributed by atoms with Gasteiger partial charge in [-0.2, -0.15) is 0 Å². The van der Waals surface area contributed by atoms with E-state index in [0.717, 1.165) is 35.9 Å². The van der Waals surface area contributed by atoms with Gasteiger partial charge in [-0.25, -0.2) is 9.37 Å². The third kappa shape index (κ3) is 7.39. The highest BCUT2D eigenvalue weighted by atomic mass is 19.1. The zero-order chi connectivity index (χ0) is 32.9. The summed E-state index contributed by atoms with van der Waals surface area (Å²) < 4.78 is 15.0. The van der Waals surface area contributed by atoms with Gasteiger partial charge >= 0.3 is 0 Å². The van der Waals surface area contributed by atoms with E-state index in [1.807, 2.05) is 18.2 Å². The van der Waals surface area contributed by atoms with Crippen molar-refractivity contribution in [1.82, 2.24) is 25.5 Å². The third-order valence-corrected chi connectivity index (χ3v) is 8.64. The molecule has 0 spiro atoms. The number of piperidine rings is 1. The lowest BCUT2D eigenvalue weighted by Crippen LogP contribution is -2.52. The summed E-state index contributed by atoms with van der Waals surface area (Å²) in [6.45, 7) is 1.09. The number of aromatic nitrogens is 2. The molecule has 0 aliphatic carbocycles. The number of anilines is 1. The van der Waals surface area contributed by atoms with Gasteiger partial charge in [0.15, 0.2) is 5.82 Å². The smallest absolute Gasteiger partial charge is 0.256 e. The lowest BCUT2D eigenvalue weighted by Gasteiger charge is -2.21. The molecule has 47 heavy (non-hydrogen) atoms. The number of unbranched alkanes of at least 4 members (excludes halogenated alkanes) is 1. The van der Waals surface area contributed by atoms with Crippen LogP contribution in [0.3, 0.4) is 0 Å². The molecular weight excluding hydrogens is 599 g/mol. The van der Waals surface area contributed by atoms with Crippen LogP contribution in [-0.2, 0) is 16.0 Å². The SMILES string of the molecule is CN1CCC[C@@H]1c1cc2cnc(NC(=O)c3ccc(CCCC#Cc4cccc(C(=O)N[C@H]5CCC(=O)NC5=O)c4F)cc3)cc2[nH]1. The number of amides is 4. The van der Waals surface area contributed by atoms with E-state index in [-0.39, 0.29) is 29.9 Å². The lowest BCUT2D eigenvalue weighted by molar-refractivity contribution is -0.134. The average molecular weight is 635 g/mol. The van der Waals surface area contributed by atoms with Crippen LogP contribution in [0, 0.1) is 17.7 Å². The molecule has 4 amide bonds. The number of imide groups is 1. The van der Waals surface area contributed by atoms with E-state index in [1.165, 1.54) is 30.3 Å². The van der Waals surface area contributed by atoms with Gasteiger partial charge < -0.3 is 15.6 Å². The van der Waals surface area contributed by atoms with E-state index in [2.05, 4.69) is 55.8 Å². The molecule has 4 N–H and O–H groups in total. The Balaban J connectivity index is 0.988. The molecule has 2 aliphatic heterocycles. The van der Waals surface area contributed by atoms with Crippen molar-refractivity contribution in [3.05, 3.63) is 94.6 Å². The Morgan fingerprint density at radius 3 is 2.68 bits per heavy atom. The zero-order valence-corrected chi connectivity index (χ0v) is 26.0. The summed E-state index contributed by atoms with van der Waals surface area (Å²) in [5, 5.41) is 8.55. The number of nitrogens with one attached hydrogen (secondary N) is 4. The molecule has 2 atom stereocenters. The van der Waals surface area contributed by atoms with Crippen molar-refractivity contribution >= 4 is 40.3 Å². The highest BCUT2D eigenvalue weighted by Gasteiger charge is 2.29. The van der Waals surface area contributed by atoms with E-state index in [0.29, 0.717) is 30.3 Å². The number of benzene rings is 2. The van der Waals surface area contributed by atoms with Crippen LogP contribution in [0.1, 0.15) is 82.1 Å². The highest BCUT2D eigenvalue weighted by Crippen LogP contribution is 2.32. The molecule has 4 heterocycles. The largest absolute Gasteiger partial charge is 0.357 e. The molecule has 6 rings (SSSR count). The first-order valence-corrected chi connectivity index (χ1v) is 15.8. The van der Waals surface area contributed by atoms with Crippen LogP contribution < -0.4 is 16.0 Å². The van der Waals surface area contributed by atoms with Gasteiger partial charge in [-0.05, 0) is 81.6 Å². The number of nitrogens with zero attached hydrogens (tertiary/aromatic N) is 2. The molecule has 240 valence electrons. The van der Waals surface area contributed by atoms with Crippen LogP contribution >= 0.6 is 0 Å². The molecule has 0 unspecified atom stereocenters. The first kappa shape index (κ1) is 31.6. The number of carbonyl (C=O) groups excluding carboxylic acids is 4. The van der Waals surface area contributed by atoms with Gasteiger partial charge in [0, 0.05) is 47.8 Å². The second-order valence-corrected chi connectivity index (χ2v) is 12.0. The standard InChI is InChI=1S/C36H35FN6O4/c1-43-18-6-11-30(43)29-19-25-21-38-31(20-28(25)39-29)41-34(45)24-14-12-22(13-15-24)7-3-2-4-8-23-9-5-10-26(33(23)37)35(46)40-27-16-17-32(44)42-36(27)47/h5,9-10,12-15,19-21,27,30,39H,2-3,6-7,11,16-18H2,1H3,(H,40,46)(H,38,41,45)(H,42,44,47)/t27-,30+/m0/s1. The zero-order valence-electron chi connectivity index (χ0n) is 26.0. The van der Waals surface area contributed by atoms with E-state index in [1.54, 1.807) is 18.3 Å². The summed E-state index contributed by atoms with van der Waals surface area (Å²) in [4.78, 5) is 59.0. The quantitative estimate of drug-likeness (QED) is 0.127. The highest BCUT2D eigenvalue weighted by molar-refractivity contribution is 6.05. The number of rotatable bonds is 8. The number of H-pyrrole nitrogens is 1. The minimum absolute atomic E-state index is 0.0862. The van der Waals surface area contributed by atoms with Crippen molar-refractivity contribution in [2.75, 3.05) is 18.9 Å². The minimum atomic E-state index is -0.896. The Morgan fingerprint density at radius 1 is 1.09 bits per heavy atom. The van der Waals surface area contributed by atoms with E-state index >= 15 is 4.39 Å². The maximum Gasteiger partial charge on any atom is 0.256 e. The number of hydrogen-bond donors (Lipinski definition) is 4. The maximum atomic E-state index is 15.0. The van der Waals surface area contributed by atoms with Crippen molar-refractivity contribution in [3.63, 3.8) is 0 Å². The molecular formula is C36H35FN6O4. The summed E-state index contributed by atoms with van der Waals surface area (Å²) in [6.07, 6.45) is 6.28. The van der Waals surface area contributed by atoms with E-state index in [9.17, 15) is 19.2 Å². The number of fused-ring (bicyclic) bond motifs is 1. The van der Waals surface area contributed by atoms with Crippen molar-refractivity contribution in [3.8, 4) is 11.8 Å². The Hall–Kier alpha value is -5.34. The molecule has 2 aromatic heterocycles. The van der Waals surface area contributed by atoms with Gasteiger partial charge in [0.25, 0.3) is 11.8 Å². The Kier molecular flexibility index (Phi) is 9.40. The number of carbonyl (C=O) groups is 4. The predicted molar refractivity (Wildman–Crippen MR) is 175 cm³/mol. The molecule has 0 bridgehead atoms.